The summed E-state index contributed by atoms with van der Waals surface area (Å²) in [7, 11) is 0. The number of aromatic carboxylic acids is 1. The second kappa shape index (κ2) is 3.52. The third-order valence-corrected chi connectivity index (χ3v) is 1.79. The Balaban J connectivity index is 2.24. The maximum absolute atomic E-state index is 10.8. The maximum Gasteiger partial charge on any atom is 0.354 e. The van der Waals surface area contributed by atoms with E-state index in [0.29, 0.717) is 11.7 Å². The summed E-state index contributed by atoms with van der Waals surface area (Å²) in [6.07, 6.45) is 1.41. The van der Waals surface area contributed by atoms with Gasteiger partial charge in [-0.25, -0.2) is 9.48 Å². The van der Waals surface area contributed by atoms with Crippen LogP contribution in [-0.2, 0) is 6.54 Å². The Morgan fingerprint density at radius 3 is 3.07 bits per heavy atom. The second-order valence-electron chi connectivity index (χ2n) is 2.91. The second-order valence-corrected chi connectivity index (χ2v) is 2.91. The standard InChI is InChI=1S/C8H8N4O3/c1-5-10-7(15-11-5)4-12-6(8(13)14)2-3-9-12/h2-3H,4H2,1H3,(H,13,14). The SMILES string of the molecule is Cc1noc(Cn2nccc2C(=O)O)n1. The van der Waals surface area contributed by atoms with Crippen molar-refractivity contribution in [3.05, 3.63) is 29.7 Å². The molecule has 2 rings (SSSR count). The summed E-state index contributed by atoms with van der Waals surface area (Å²) in [5.41, 5.74) is 0.0888. The summed E-state index contributed by atoms with van der Waals surface area (Å²) < 4.78 is 6.14. The molecule has 0 bridgehead atoms. The van der Waals surface area contributed by atoms with Gasteiger partial charge in [0.15, 0.2) is 5.82 Å². The summed E-state index contributed by atoms with van der Waals surface area (Å²) in [5, 5.41) is 16.3. The van der Waals surface area contributed by atoms with E-state index in [0.717, 1.165) is 0 Å². The monoisotopic (exact) mass is 208 g/mol. The fraction of sp³-hybridized carbons (Fsp3) is 0.250. The van der Waals surface area contributed by atoms with E-state index >= 15 is 0 Å². The highest BCUT2D eigenvalue weighted by Crippen LogP contribution is 2.03. The van der Waals surface area contributed by atoms with E-state index in [9.17, 15) is 4.79 Å². The first-order valence-corrected chi connectivity index (χ1v) is 4.21. The Labute approximate surface area is 84.3 Å². The molecule has 2 aromatic heterocycles. The molecule has 0 aliphatic rings. The predicted molar refractivity (Wildman–Crippen MR) is 47.3 cm³/mol. The van der Waals surface area contributed by atoms with Gasteiger partial charge in [-0.05, 0) is 13.0 Å². The van der Waals surface area contributed by atoms with Gasteiger partial charge in [0.25, 0.3) is 0 Å². The minimum Gasteiger partial charge on any atom is -0.477 e. The Kier molecular flexibility index (Phi) is 2.20. The average Bonchev–Trinajstić information content (AvgIpc) is 2.75. The number of rotatable bonds is 3. The van der Waals surface area contributed by atoms with Crippen molar-refractivity contribution in [2.24, 2.45) is 0 Å². The van der Waals surface area contributed by atoms with Crippen LogP contribution in [0.4, 0.5) is 0 Å². The zero-order chi connectivity index (χ0) is 10.8. The molecule has 0 unspecified atom stereocenters. The molecule has 0 aliphatic heterocycles. The summed E-state index contributed by atoms with van der Waals surface area (Å²) in [4.78, 5) is 14.7. The van der Waals surface area contributed by atoms with Crippen molar-refractivity contribution in [2.45, 2.75) is 13.5 Å². The van der Waals surface area contributed by atoms with Crippen molar-refractivity contribution < 1.29 is 14.4 Å². The Morgan fingerprint density at radius 1 is 1.67 bits per heavy atom. The van der Waals surface area contributed by atoms with Gasteiger partial charge in [-0.1, -0.05) is 5.16 Å². The number of carboxylic acid groups (broad SMARTS) is 1. The number of carboxylic acids is 1. The maximum atomic E-state index is 10.8. The van der Waals surface area contributed by atoms with Gasteiger partial charge in [-0.2, -0.15) is 10.1 Å². The first-order valence-electron chi connectivity index (χ1n) is 4.21. The summed E-state index contributed by atoms with van der Waals surface area (Å²) >= 11 is 0. The van der Waals surface area contributed by atoms with Crippen molar-refractivity contribution in [3.63, 3.8) is 0 Å². The molecule has 0 radical (unpaired) electrons. The van der Waals surface area contributed by atoms with Gasteiger partial charge in [0.1, 0.15) is 12.2 Å². The number of carbonyl (C=O) groups is 1. The summed E-state index contributed by atoms with van der Waals surface area (Å²) in [5.74, 6) is -0.198. The molecule has 0 aromatic carbocycles. The number of nitrogens with zero attached hydrogens (tertiary/aromatic N) is 4. The minimum atomic E-state index is -1.04. The fourth-order valence-corrected chi connectivity index (χ4v) is 1.17. The lowest BCUT2D eigenvalue weighted by Gasteiger charge is -1.99. The van der Waals surface area contributed by atoms with Crippen LogP contribution in [0.15, 0.2) is 16.8 Å². The summed E-state index contributed by atoms with van der Waals surface area (Å²) in [6.45, 7) is 1.85. The molecule has 78 valence electrons. The van der Waals surface area contributed by atoms with Crippen molar-refractivity contribution in [1.82, 2.24) is 19.9 Å². The van der Waals surface area contributed by atoms with E-state index in [-0.39, 0.29) is 12.2 Å². The van der Waals surface area contributed by atoms with Crippen molar-refractivity contribution in [1.29, 1.82) is 0 Å². The molecule has 1 N–H and O–H groups in total. The van der Waals surface area contributed by atoms with Crippen LogP contribution in [0.1, 0.15) is 22.2 Å². The average molecular weight is 208 g/mol. The van der Waals surface area contributed by atoms with Gasteiger partial charge < -0.3 is 9.63 Å². The molecule has 0 aliphatic carbocycles. The van der Waals surface area contributed by atoms with Crippen LogP contribution in [0.3, 0.4) is 0 Å². The smallest absolute Gasteiger partial charge is 0.354 e. The van der Waals surface area contributed by atoms with Crippen molar-refractivity contribution >= 4 is 5.97 Å². The van der Waals surface area contributed by atoms with Crippen molar-refractivity contribution in [2.75, 3.05) is 0 Å². The van der Waals surface area contributed by atoms with Gasteiger partial charge in [-0.15, -0.1) is 0 Å². The van der Waals surface area contributed by atoms with Crippen molar-refractivity contribution in [3.8, 4) is 0 Å². The molecular formula is C8H8N4O3. The normalized spacial score (nSPS) is 10.5. The van der Waals surface area contributed by atoms with Crippen LogP contribution in [0.2, 0.25) is 0 Å². The van der Waals surface area contributed by atoms with Crippen LogP contribution in [0.5, 0.6) is 0 Å². The van der Waals surface area contributed by atoms with Crippen LogP contribution in [-0.4, -0.2) is 31.0 Å². The lowest BCUT2D eigenvalue weighted by atomic mass is 10.4. The van der Waals surface area contributed by atoms with Gasteiger partial charge in [-0.3, -0.25) is 0 Å². The Morgan fingerprint density at radius 2 is 2.47 bits per heavy atom. The number of hydrogen-bond donors (Lipinski definition) is 1. The van der Waals surface area contributed by atoms with E-state index in [1.54, 1.807) is 6.92 Å². The minimum absolute atomic E-state index is 0.0888. The Bertz CT molecular complexity index is 488. The van der Waals surface area contributed by atoms with Gasteiger partial charge in [0.05, 0.1) is 0 Å². The summed E-state index contributed by atoms with van der Waals surface area (Å²) in [6, 6.07) is 1.41. The van der Waals surface area contributed by atoms with Gasteiger partial charge in [0, 0.05) is 6.20 Å². The van der Waals surface area contributed by atoms with Gasteiger partial charge in [0.2, 0.25) is 5.89 Å². The molecule has 0 fully saturated rings. The molecule has 0 amide bonds. The highest BCUT2D eigenvalue weighted by Gasteiger charge is 2.12. The highest BCUT2D eigenvalue weighted by atomic mass is 16.5. The van der Waals surface area contributed by atoms with Crippen LogP contribution in [0.25, 0.3) is 0 Å². The van der Waals surface area contributed by atoms with Crippen LogP contribution >= 0.6 is 0 Å². The third-order valence-electron chi connectivity index (χ3n) is 1.79. The zero-order valence-corrected chi connectivity index (χ0v) is 7.91. The number of aromatic nitrogens is 4. The topological polar surface area (TPSA) is 94.0 Å². The lowest BCUT2D eigenvalue weighted by molar-refractivity contribution is 0.0683. The quantitative estimate of drug-likeness (QED) is 0.780. The first-order chi connectivity index (χ1) is 7.16. The molecule has 15 heavy (non-hydrogen) atoms. The molecule has 0 saturated carbocycles. The molecule has 0 saturated heterocycles. The number of aryl methyl sites for hydroxylation is 1. The highest BCUT2D eigenvalue weighted by molar-refractivity contribution is 5.85. The fourth-order valence-electron chi connectivity index (χ4n) is 1.17. The zero-order valence-electron chi connectivity index (χ0n) is 7.91. The molecule has 7 heteroatoms. The molecule has 2 heterocycles. The largest absolute Gasteiger partial charge is 0.477 e. The molecule has 0 atom stereocenters. The molecular weight excluding hydrogens is 200 g/mol. The van der Waals surface area contributed by atoms with E-state index in [2.05, 4.69) is 15.2 Å². The van der Waals surface area contributed by atoms with E-state index in [4.69, 9.17) is 9.63 Å². The Hall–Kier alpha value is -2.18. The van der Waals surface area contributed by atoms with E-state index in [1.165, 1.54) is 16.9 Å². The van der Waals surface area contributed by atoms with Gasteiger partial charge >= 0.3 is 5.97 Å². The number of hydrogen-bond acceptors (Lipinski definition) is 5. The predicted octanol–water partition coefficient (Wildman–Crippen LogP) is 0.321. The lowest BCUT2D eigenvalue weighted by Crippen LogP contribution is -2.10. The van der Waals surface area contributed by atoms with Crippen LogP contribution in [0, 0.1) is 6.92 Å². The van der Waals surface area contributed by atoms with Crippen LogP contribution < -0.4 is 0 Å². The molecule has 0 spiro atoms. The third kappa shape index (κ3) is 1.85. The molecule has 2 aromatic rings. The first kappa shape index (κ1) is 9.38. The molecule has 7 nitrogen and oxygen atoms in total. The van der Waals surface area contributed by atoms with E-state index < -0.39 is 5.97 Å². The van der Waals surface area contributed by atoms with E-state index in [1.807, 2.05) is 0 Å².